The molecule has 32 heavy (non-hydrogen) atoms. The lowest BCUT2D eigenvalue weighted by Gasteiger charge is -2.37. The van der Waals surface area contributed by atoms with Gasteiger partial charge in [-0.2, -0.15) is 0 Å². The molecule has 3 aliphatic heterocycles. The highest BCUT2D eigenvalue weighted by Crippen LogP contribution is 2.45. The van der Waals surface area contributed by atoms with E-state index in [1.807, 2.05) is 0 Å². The van der Waals surface area contributed by atoms with Crippen LogP contribution in [0.5, 0.6) is 11.5 Å². The maximum absolute atomic E-state index is 13.3. The quantitative estimate of drug-likeness (QED) is 0.556. The van der Waals surface area contributed by atoms with Crippen molar-refractivity contribution in [3.05, 3.63) is 59.2 Å². The van der Waals surface area contributed by atoms with Crippen molar-refractivity contribution in [1.29, 1.82) is 0 Å². The lowest BCUT2D eigenvalue weighted by molar-refractivity contribution is 0.143. The molecule has 3 aliphatic rings. The first-order chi connectivity index (χ1) is 15.7. The molecule has 4 nitrogen and oxygen atoms in total. The maximum Gasteiger partial charge on any atom is 0.119 e. The van der Waals surface area contributed by atoms with Gasteiger partial charge in [0.2, 0.25) is 0 Å². The van der Waals surface area contributed by atoms with Crippen LogP contribution < -0.4 is 9.47 Å². The van der Waals surface area contributed by atoms with Crippen LogP contribution in [-0.4, -0.2) is 62.4 Å². The van der Waals surface area contributed by atoms with Crippen molar-refractivity contribution in [2.24, 2.45) is 0 Å². The molecule has 0 unspecified atom stereocenters. The van der Waals surface area contributed by atoms with E-state index in [2.05, 4.69) is 52.3 Å². The highest BCUT2D eigenvalue weighted by Gasteiger charge is 2.36. The van der Waals surface area contributed by atoms with E-state index in [0.717, 1.165) is 44.1 Å². The molecule has 2 saturated heterocycles. The Morgan fingerprint density at radius 1 is 0.938 bits per heavy atom. The van der Waals surface area contributed by atoms with Crippen molar-refractivity contribution in [3.63, 3.8) is 0 Å². The second-order valence-corrected chi connectivity index (χ2v) is 9.49. The average Bonchev–Trinajstić information content (AvgIpc) is 3.31. The van der Waals surface area contributed by atoms with Crippen LogP contribution in [0.25, 0.3) is 0 Å². The molecule has 0 N–H and O–H groups in total. The topological polar surface area (TPSA) is 24.9 Å². The minimum Gasteiger partial charge on any atom is -0.497 e. The summed E-state index contributed by atoms with van der Waals surface area (Å²) in [7, 11) is 1.72. The number of piperidine rings is 1. The first-order valence-electron chi connectivity index (χ1n) is 12.2. The summed E-state index contributed by atoms with van der Waals surface area (Å²) in [6.45, 7) is 5.73. The second-order valence-electron chi connectivity index (χ2n) is 9.49. The normalized spacial score (nSPS) is 24.2. The summed E-state index contributed by atoms with van der Waals surface area (Å²) in [6, 6.07) is 15.8. The predicted molar refractivity (Wildman–Crippen MR) is 126 cm³/mol. The zero-order chi connectivity index (χ0) is 21.9. The van der Waals surface area contributed by atoms with Gasteiger partial charge in [-0.3, -0.25) is 4.90 Å². The van der Waals surface area contributed by atoms with Gasteiger partial charge in [0.05, 0.1) is 13.7 Å². The summed E-state index contributed by atoms with van der Waals surface area (Å²) in [5.74, 6) is 2.27. The van der Waals surface area contributed by atoms with Gasteiger partial charge in [0.1, 0.15) is 17.7 Å². The molecule has 2 aromatic rings. The number of hydrogen-bond donors (Lipinski definition) is 0. The number of halogens is 1. The number of nitrogens with zero attached hydrogens (tertiary/aromatic N) is 2. The monoisotopic (exact) mass is 438 g/mol. The molecule has 172 valence electrons. The van der Waals surface area contributed by atoms with Gasteiger partial charge in [-0.05, 0) is 79.6 Å². The molecular formula is C27H35FN2O2. The Labute approximate surface area is 191 Å². The summed E-state index contributed by atoms with van der Waals surface area (Å²) in [6.07, 6.45) is 4.24. The number of methoxy groups -OCH3 is 1. The minimum atomic E-state index is -0.602. The summed E-state index contributed by atoms with van der Waals surface area (Å²) < 4.78 is 24.8. The fraction of sp³-hybridized carbons (Fsp3) is 0.556. The van der Waals surface area contributed by atoms with Gasteiger partial charge in [0, 0.05) is 38.1 Å². The standard InChI is InChI=1S/C27H35FN2O2/c1-31-22-7-5-20(6-8-22)26-19-30-14-2-4-27(30)25-18-23(9-10-24(25)26)32-17-3-13-29-15-11-21(28)12-16-29/h5-10,18,21,26-27H,2-4,11-17,19H2,1H3/t26-,27+/m1/s1. The Bertz CT molecular complexity index is 895. The molecule has 5 heteroatoms. The Morgan fingerprint density at radius 3 is 2.50 bits per heavy atom. The Hall–Kier alpha value is -2.11. The summed E-state index contributed by atoms with van der Waals surface area (Å²) >= 11 is 0. The third kappa shape index (κ3) is 4.65. The molecule has 2 fully saturated rings. The molecule has 0 amide bonds. The van der Waals surface area contributed by atoms with Crippen molar-refractivity contribution in [1.82, 2.24) is 9.80 Å². The highest BCUT2D eigenvalue weighted by atomic mass is 19.1. The van der Waals surface area contributed by atoms with E-state index in [0.29, 0.717) is 31.4 Å². The fourth-order valence-corrected chi connectivity index (χ4v) is 5.70. The van der Waals surface area contributed by atoms with Crippen LogP contribution in [0.4, 0.5) is 4.39 Å². The summed E-state index contributed by atoms with van der Waals surface area (Å²) in [5.41, 5.74) is 4.24. The van der Waals surface area contributed by atoms with Crippen LogP contribution in [-0.2, 0) is 0 Å². The molecule has 0 spiro atoms. The van der Waals surface area contributed by atoms with Crippen molar-refractivity contribution in [3.8, 4) is 11.5 Å². The van der Waals surface area contributed by atoms with Gasteiger partial charge in [-0.15, -0.1) is 0 Å². The number of hydrogen-bond acceptors (Lipinski definition) is 4. The fourth-order valence-electron chi connectivity index (χ4n) is 5.70. The largest absolute Gasteiger partial charge is 0.497 e. The van der Waals surface area contributed by atoms with Gasteiger partial charge in [-0.1, -0.05) is 18.2 Å². The molecule has 2 atom stereocenters. The van der Waals surface area contributed by atoms with Gasteiger partial charge in [-0.25, -0.2) is 4.39 Å². The van der Waals surface area contributed by atoms with Crippen molar-refractivity contribution >= 4 is 0 Å². The van der Waals surface area contributed by atoms with Crippen LogP contribution in [0.1, 0.15) is 60.8 Å². The van der Waals surface area contributed by atoms with Crippen molar-refractivity contribution in [2.45, 2.75) is 50.2 Å². The van der Waals surface area contributed by atoms with Gasteiger partial charge in [0.25, 0.3) is 0 Å². The van der Waals surface area contributed by atoms with Crippen LogP contribution in [0.3, 0.4) is 0 Å². The van der Waals surface area contributed by atoms with E-state index in [4.69, 9.17) is 9.47 Å². The molecule has 0 aliphatic carbocycles. The predicted octanol–water partition coefficient (Wildman–Crippen LogP) is 5.18. The molecular weight excluding hydrogens is 403 g/mol. The molecule has 5 rings (SSSR count). The van der Waals surface area contributed by atoms with Crippen LogP contribution in [0.15, 0.2) is 42.5 Å². The zero-order valence-electron chi connectivity index (χ0n) is 19.1. The molecule has 0 aromatic heterocycles. The number of benzene rings is 2. The van der Waals surface area contributed by atoms with Crippen LogP contribution >= 0.6 is 0 Å². The Balaban J connectivity index is 1.26. The van der Waals surface area contributed by atoms with E-state index in [9.17, 15) is 4.39 Å². The van der Waals surface area contributed by atoms with Gasteiger partial charge >= 0.3 is 0 Å². The third-order valence-corrected chi connectivity index (χ3v) is 7.50. The van der Waals surface area contributed by atoms with E-state index >= 15 is 0 Å². The van der Waals surface area contributed by atoms with E-state index in [-0.39, 0.29) is 0 Å². The SMILES string of the molecule is COc1ccc([C@H]2CN3CCC[C@H]3c3cc(OCCCN4CCC(F)CC4)ccc32)cc1. The third-order valence-electron chi connectivity index (χ3n) is 7.50. The lowest BCUT2D eigenvalue weighted by Crippen LogP contribution is -2.35. The highest BCUT2D eigenvalue weighted by molar-refractivity contribution is 5.47. The van der Waals surface area contributed by atoms with E-state index in [1.54, 1.807) is 7.11 Å². The number of rotatable bonds is 7. The zero-order valence-corrected chi connectivity index (χ0v) is 19.1. The lowest BCUT2D eigenvalue weighted by atomic mass is 9.81. The second kappa shape index (κ2) is 9.80. The smallest absolute Gasteiger partial charge is 0.119 e. The van der Waals surface area contributed by atoms with Crippen molar-refractivity contribution in [2.75, 3.05) is 46.4 Å². The number of fused-ring (bicyclic) bond motifs is 3. The number of likely N-dealkylation sites (tertiary alicyclic amines) is 1. The molecule has 0 bridgehead atoms. The number of alkyl halides is 1. The molecule has 3 heterocycles. The van der Waals surface area contributed by atoms with E-state index < -0.39 is 6.17 Å². The summed E-state index contributed by atoms with van der Waals surface area (Å²) in [4.78, 5) is 5.01. The van der Waals surface area contributed by atoms with Crippen LogP contribution in [0, 0.1) is 0 Å². The summed E-state index contributed by atoms with van der Waals surface area (Å²) in [5, 5.41) is 0. The first kappa shape index (κ1) is 21.7. The number of ether oxygens (including phenoxy) is 2. The van der Waals surface area contributed by atoms with E-state index in [1.165, 1.54) is 36.1 Å². The Kier molecular flexibility index (Phi) is 6.65. The Morgan fingerprint density at radius 2 is 1.72 bits per heavy atom. The first-order valence-corrected chi connectivity index (χ1v) is 12.2. The minimum absolute atomic E-state index is 0.387. The molecule has 0 saturated carbocycles. The molecule has 0 radical (unpaired) electrons. The van der Waals surface area contributed by atoms with Crippen molar-refractivity contribution < 1.29 is 13.9 Å². The van der Waals surface area contributed by atoms with Gasteiger partial charge < -0.3 is 14.4 Å². The van der Waals surface area contributed by atoms with Crippen LogP contribution in [0.2, 0.25) is 0 Å². The van der Waals surface area contributed by atoms with Gasteiger partial charge in [0.15, 0.2) is 0 Å². The maximum atomic E-state index is 13.3. The molecule has 2 aromatic carbocycles. The average molecular weight is 439 g/mol.